The Morgan fingerprint density at radius 1 is 1.19 bits per heavy atom. The van der Waals surface area contributed by atoms with E-state index < -0.39 is 0 Å². The van der Waals surface area contributed by atoms with Crippen LogP contribution in [0.25, 0.3) is 11.4 Å². The molecule has 0 saturated heterocycles. The zero-order valence-corrected chi connectivity index (χ0v) is 15.0. The number of nitrogens with one attached hydrogen (secondary N) is 2. The van der Waals surface area contributed by atoms with Gasteiger partial charge in [-0.3, -0.25) is 15.2 Å². The fourth-order valence-electron chi connectivity index (χ4n) is 2.21. The first kappa shape index (κ1) is 17.8. The monoisotopic (exact) mass is 372 g/mol. The number of hydrogen-bond donors (Lipinski definition) is 2. The van der Waals surface area contributed by atoms with E-state index in [1.54, 1.807) is 25.3 Å². The van der Waals surface area contributed by atoms with Crippen LogP contribution in [0, 0.1) is 6.92 Å². The molecule has 134 valence electrons. The number of aryl methyl sites for hydroxylation is 1. The minimum Gasteiger partial charge on any atom is -0.497 e. The number of anilines is 1. The van der Waals surface area contributed by atoms with Gasteiger partial charge in [-0.1, -0.05) is 11.6 Å². The molecule has 0 saturated carbocycles. The van der Waals surface area contributed by atoms with Gasteiger partial charge >= 0.3 is 0 Å². The Kier molecular flexibility index (Phi) is 5.38. The van der Waals surface area contributed by atoms with Gasteiger partial charge in [-0.15, -0.1) is 5.10 Å². The molecule has 0 aliphatic rings. The third kappa shape index (κ3) is 4.31. The molecule has 0 unspecified atom stereocenters. The molecule has 0 fully saturated rings. The second-order valence-electron chi connectivity index (χ2n) is 5.48. The molecule has 8 heteroatoms. The molecule has 1 aromatic heterocycles. The number of H-pyrrole nitrogens is 1. The predicted octanol–water partition coefficient (Wildman–Crippen LogP) is 3.46. The lowest BCUT2D eigenvalue weighted by Crippen LogP contribution is -2.20. The number of ether oxygens (including phenoxy) is 2. The quantitative estimate of drug-likeness (QED) is 0.691. The number of hydrogen-bond acceptors (Lipinski definition) is 5. The van der Waals surface area contributed by atoms with Crippen molar-refractivity contribution in [2.75, 3.05) is 19.0 Å². The molecule has 1 amide bonds. The van der Waals surface area contributed by atoms with E-state index in [1.165, 1.54) is 0 Å². The number of carbonyl (C=O) groups is 1. The fourth-order valence-corrected chi connectivity index (χ4v) is 2.33. The molecule has 0 bridgehead atoms. The van der Waals surface area contributed by atoms with Crippen molar-refractivity contribution >= 4 is 23.5 Å². The summed E-state index contributed by atoms with van der Waals surface area (Å²) < 4.78 is 10.6. The molecule has 0 radical (unpaired) electrons. The van der Waals surface area contributed by atoms with E-state index in [-0.39, 0.29) is 18.5 Å². The minimum absolute atomic E-state index is 0.159. The summed E-state index contributed by atoms with van der Waals surface area (Å²) >= 11 is 5.96. The van der Waals surface area contributed by atoms with Crippen molar-refractivity contribution in [1.29, 1.82) is 0 Å². The van der Waals surface area contributed by atoms with Crippen molar-refractivity contribution in [3.8, 4) is 22.9 Å². The van der Waals surface area contributed by atoms with Crippen molar-refractivity contribution < 1.29 is 14.3 Å². The van der Waals surface area contributed by atoms with Crippen LogP contribution >= 0.6 is 11.6 Å². The predicted molar refractivity (Wildman–Crippen MR) is 98.7 cm³/mol. The van der Waals surface area contributed by atoms with Crippen LogP contribution in [0.4, 0.5) is 5.95 Å². The van der Waals surface area contributed by atoms with Crippen molar-refractivity contribution in [1.82, 2.24) is 15.2 Å². The fraction of sp³-hybridized carbons (Fsp3) is 0.167. The van der Waals surface area contributed by atoms with Crippen LogP contribution in [0.3, 0.4) is 0 Å². The third-order valence-electron chi connectivity index (χ3n) is 3.60. The molecule has 2 N–H and O–H groups in total. The molecule has 2 aromatic carbocycles. The van der Waals surface area contributed by atoms with Crippen LogP contribution in [0.1, 0.15) is 5.56 Å². The molecule has 7 nitrogen and oxygen atoms in total. The van der Waals surface area contributed by atoms with E-state index in [4.69, 9.17) is 21.1 Å². The second-order valence-corrected chi connectivity index (χ2v) is 5.89. The Balaban J connectivity index is 1.57. The molecule has 3 rings (SSSR count). The topological polar surface area (TPSA) is 89.1 Å². The van der Waals surface area contributed by atoms with E-state index in [0.717, 1.165) is 16.9 Å². The molecule has 3 aromatic rings. The highest BCUT2D eigenvalue weighted by Crippen LogP contribution is 2.21. The van der Waals surface area contributed by atoms with Crippen molar-refractivity contribution in [3.05, 3.63) is 53.1 Å². The van der Waals surface area contributed by atoms with Crippen molar-refractivity contribution in [3.63, 3.8) is 0 Å². The van der Waals surface area contributed by atoms with Crippen LogP contribution in [0.2, 0.25) is 5.02 Å². The Labute approximate surface area is 155 Å². The molecular formula is C18H17ClN4O3. The van der Waals surface area contributed by atoms with E-state index >= 15 is 0 Å². The Morgan fingerprint density at radius 3 is 2.62 bits per heavy atom. The standard InChI is InChI=1S/C18H17ClN4O3/c1-11-9-14(7-8-15(11)19)26-10-16(24)20-18-21-17(22-23-18)12-3-5-13(25-2)6-4-12/h3-9H,10H2,1-2H3,(H2,20,21,22,23,24). The first-order valence-corrected chi connectivity index (χ1v) is 8.18. The lowest BCUT2D eigenvalue weighted by Gasteiger charge is -2.07. The number of nitrogens with zero attached hydrogens (tertiary/aromatic N) is 2. The molecular weight excluding hydrogens is 356 g/mol. The maximum absolute atomic E-state index is 12.0. The Hall–Kier alpha value is -3.06. The number of carbonyl (C=O) groups excluding carboxylic acids is 1. The van der Waals surface area contributed by atoms with Crippen molar-refractivity contribution in [2.24, 2.45) is 0 Å². The number of amides is 1. The highest BCUT2D eigenvalue weighted by molar-refractivity contribution is 6.31. The number of halogens is 1. The van der Waals surface area contributed by atoms with E-state index in [2.05, 4.69) is 20.5 Å². The summed E-state index contributed by atoms with van der Waals surface area (Å²) in [6.45, 7) is 1.71. The molecule has 26 heavy (non-hydrogen) atoms. The van der Waals surface area contributed by atoms with E-state index in [1.807, 2.05) is 31.2 Å². The number of aromatic amines is 1. The van der Waals surface area contributed by atoms with Gasteiger partial charge in [-0.05, 0) is 55.0 Å². The maximum Gasteiger partial charge on any atom is 0.264 e. The summed E-state index contributed by atoms with van der Waals surface area (Å²) in [6.07, 6.45) is 0. The van der Waals surface area contributed by atoms with Crippen LogP contribution in [-0.2, 0) is 4.79 Å². The van der Waals surface area contributed by atoms with Crippen LogP contribution < -0.4 is 14.8 Å². The minimum atomic E-state index is -0.363. The van der Waals surface area contributed by atoms with Gasteiger partial charge in [0.15, 0.2) is 12.4 Å². The third-order valence-corrected chi connectivity index (χ3v) is 4.02. The zero-order chi connectivity index (χ0) is 18.5. The highest BCUT2D eigenvalue weighted by atomic mass is 35.5. The summed E-state index contributed by atoms with van der Waals surface area (Å²) in [7, 11) is 1.60. The lowest BCUT2D eigenvalue weighted by molar-refractivity contribution is -0.118. The smallest absolute Gasteiger partial charge is 0.264 e. The lowest BCUT2D eigenvalue weighted by atomic mass is 10.2. The summed E-state index contributed by atoms with van der Waals surface area (Å²) in [5.74, 6) is 1.67. The van der Waals surface area contributed by atoms with Crippen LogP contribution in [0.5, 0.6) is 11.5 Å². The van der Waals surface area contributed by atoms with Gasteiger partial charge in [-0.2, -0.15) is 4.98 Å². The largest absolute Gasteiger partial charge is 0.497 e. The normalized spacial score (nSPS) is 10.4. The number of aromatic nitrogens is 3. The number of rotatable bonds is 6. The van der Waals surface area contributed by atoms with Gasteiger partial charge in [0.25, 0.3) is 5.91 Å². The average Bonchev–Trinajstić information content (AvgIpc) is 3.11. The van der Waals surface area contributed by atoms with E-state index in [9.17, 15) is 4.79 Å². The zero-order valence-electron chi connectivity index (χ0n) is 14.2. The summed E-state index contributed by atoms with van der Waals surface area (Å²) in [4.78, 5) is 16.2. The molecule has 0 spiro atoms. The summed E-state index contributed by atoms with van der Waals surface area (Å²) in [5.41, 5.74) is 1.70. The molecule has 0 aliphatic heterocycles. The number of methoxy groups -OCH3 is 1. The van der Waals surface area contributed by atoms with Gasteiger partial charge in [0.1, 0.15) is 11.5 Å². The second kappa shape index (κ2) is 7.88. The van der Waals surface area contributed by atoms with Gasteiger partial charge < -0.3 is 9.47 Å². The number of benzene rings is 2. The maximum atomic E-state index is 12.0. The Morgan fingerprint density at radius 2 is 1.92 bits per heavy atom. The highest BCUT2D eigenvalue weighted by Gasteiger charge is 2.10. The summed E-state index contributed by atoms with van der Waals surface area (Å²) in [6, 6.07) is 12.5. The average molecular weight is 373 g/mol. The molecule has 0 aliphatic carbocycles. The van der Waals surface area contributed by atoms with Crippen molar-refractivity contribution in [2.45, 2.75) is 6.92 Å². The SMILES string of the molecule is COc1ccc(-c2nc(NC(=O)COc3ccc(Cl)c(C)c3)n[nH]2)cc1. The van der Waals surface area contributed by atoms with E-state index in [0.29, 0.717) is 16.6 Å². The van der Waals surface area contributed by atoms with Gasteiger partial charge in [0.05, 0.1) is 7.11 Å². The Bertz CT molecular complexity index is 909. The van der Waals surface area contributed by atoms with Gasteiger partial charge in [-0.25, -0.2) is 0 Å². The van der Waals surface area contributed by atoms with Crippen LogP contribution in [0.15, 0.2) is 42.5 Å². The first-order chi connectivity index (χ1) is 12.5. The first-order valence-electron chi connectivity index (χ1n) is 7.81. The van der Waals surface area contributed by atoms with Gasteiger partial charge in [0.2, 0.25) is 5.95 Å². The van der Waals surface area contributed by atoms with Gasteiger partial charge in [0, 0.05) is 10.6 Å². The van der Waals surface area contributed by atoms with Crippen LogP contribution in [-0.4, -0.2) is 34.8 Å². The molecule has 1 heterocycles. The summed E-state index contributed by atoms with van der Waals surface area (Å²) in [5, 5.41) is 9.99. The molecule has 0 atom stereocenters.